The van der Waals surface area contributed by atoms with E-state index in [0.717, 1.165) is 28.8 Å². The normalized spacial score (nSPS) is 26.0. The van der Waals surface area contributed by atoms with Crippen molar-refractivity contribution in [2.75, 3.05) is 14.1 Å². The molecule has 26 heavy (non-hydrogen) atoms. The number of nitrogens with zero attached hydrogens (tertiary/aromatic N) is 2. The molecule has 5 heteroatoms. The third-order valence-electron chi connectivity index (χ3n) is 5.93. The molecule has 1 saturated heterocycles. The molecule has 2 fully saturated rings. The van der Waals surface area contributed by atoms with Gasteiger partial charge in [0, 0.05) is 19.8 Å². The molecule has 0 N–H and O–H groups in total. The highest BCUT2D eigenvalue weighted by Crippen LogP contribution is 2.64. The van der Waals surface area contributed by atoms with Crippen molar-refractivity contribution in [3.63, 3.8) is 0 Å². The number of hydrogen-bond acceptors (Lipinski definition) is 4. The zero-order valence-corrected chi connectivity index (χ0v) is 17.3. The van der Waals surface area contributed by atoms with Crippen molar-refractivity contribution in [2.24, 2.45) is 0 Å². The van der Waals surface area contributed by atoms with Gasteiger partial charge in [0.05, 0.1) is 17.0 Å². The minimum absolute atomic E-state index is 0.423. The summed E-state index contributed by atoms with van der Waals surface area (Å²) in [5, 5.41) is 1.01. The third-order valence-corrected chi connectivity index (χ3v) is 10.5. The standard InChI is InChI=1S/C21H27N2OPS/c1-22-18-12-6-7-13-19(18)23(2)25(22,24)20-14-8-9-15-21(20)26-16-17-10-4-3-5-11-17/h3-5,8-11,14-15,18-19H,6-7,12-13,16H2,1-2H3/t18-,19-/m1/s1. The fourth-order valence-electron chi connectivity index (χ4n) is 4.48. The summed E-state index contributed by atoms with van der Waals surface area (Å²) in [4.78, 5) is 15.5. The first-order valence-corrected chi connectivity index (χ1v) is 12.0. The van der Waals surface area contributed by atoms with Crippen LogP contribution in [0.2, 0.25) is 0 Å². The Morgan fingerprint density at radius 1 is 0.923 bits per heavy atom. The lowest BCUT2D eigenvalue weighted by Crippen LogP contribution is -2.39. The molecule has 0 aromatic heterocycles. The smallest absolute Gasteiger partial charge is 0.142 e. The molecule has 0 spiro atoms. The maximum absolute atomic E-state index is 14.3. The summed E-state index contributed by atoms with van der Waals surface area (Å²) in [5.41, 5.74) is 1.30. The second-order valence-electron chi connectivity index (χ2n) is 7.35. The van der Waals surface area contributed by atoms with Gasteiger partial charge < -0.3 is 4.89 Å². The van der Waals surface area contributed by atoms with Crippen molar-refractivity contribution in [3.05, 3.63) is 60.2 Å². The molecule has 2 aromatic rings. The molecule has 2 aliphatic rings. The van der Waals surface area contributed by atoms with E-state index in [9.17, 15) is 4.89 Å². The van der Waals surface area contributed by atoms with Gasteiger partial charge in [-0.3, -0.25) is 0 Å². The lowest BCUT2D eigenvalue weighted by atomic mass is 9.91. The quantitative estimate of drug-likeness (QED) is 0.589. The molecule has 1 heterocycles. The highest BCUT2D eigenvalue weighted by atomic mass is 32.2. The van der Waals surface area contributed by atoms with Gasteiger partial charge in [-0.1, -0.05) is 55.3 Å². The fourth-order valence-corrected chi connectivity index (χ4v) is 9.05. The van der Waals surface area contributed by atoms with E-state index < -0.39 is 7.79 Å². The van der Waals surface area contributed by atoms with Crippen LogP contribution in [0.4, 0.5) is 0 Å². The summed E-state index contributed by atoms with van der Waals surface area (Å²) in [7, 11) is 1.43. The predicted octanol–water partition coefficient (Wildman–Crippen LogP) is 3.92. The molecule has 4 rings (SSSR count). The molecule has 2 aromatic carbocycles. The SMILES string of the molecule is CN1[C@@H]2CCCC[C@H]2N(C)[P+]1([O-])c1ccccc1SCc1ccccc1. The Kier molecular flexibility index (Phi) is 5.41. The average Bonchev–Trinajstić information content (AvgIpc) is 2.90. The Bertz CT molecular complexity index is 739. The van der Waals surface area contributed by atoms with Gasteiger partial charge in [-0.15, -0.1) is 11.8 Å². The Balaban J connectivity index is 1.64. The van der Waals surface area contributed by atoms with E-state index in [2.05, 4.69) is 65.9 Å². The zero-order chi connectivity index (χ0) is 18.1. The topological polar surface area (TPSA) is 29.5 Å². The largest absolute Gasteiger partial charge is 0.646 e. The van der Waals surface area contributed by atoms with Gasteiger partial charge in [-0.2, -0.15) is 9.34 Å². The molecule has 0 amide bonds. The first-order valence-electron chi connectivity index (χ1n) is 9.45. The highest BCUT2D eigenvalue weighted by Gasteiger charge is 2.57. The summed E-state index contributed by atoms with van der Waals surface area (Å²) in [6.07, 6.45) is 4.83. The van der Waals surface area contributed by atoms with Gasteiger partial charge in [-0.25, -0.2) is 0 Å². The van der Waals surface area contributed by atoms with Gasteiger partial charge in [0.15, 0.2) is 0 Å². The first kappa shape index (κ1) is 18.5. The maximum atomic E-state index is 14.3. The van der Waals surface area contributed by atoms with Crippen LogP contribution in [0.5, 0.6) is 0 Å². The van der Waals surface area contributed by atoms with Crippen LogP contribution < -0.4 is 10.2 Å². The lowest BCUT2D eigenvalue weighted by Gasteiger charge is -2.38. The zero-order valence-electron chi connectivity index (χ0n) is 15.5. The van der Waals surface area contributed by atoms with Crippen LogP contribution >= 0.6 is 19.6 Å². The number of fused-ring (bicyclic) bond motifs is 1. The van der Waals surface area contributed by atoms with E-state index in [1.807, 2.05) is 12.1 Å². The van der Waals surface area contributed by atoms with E-state index in [1.54, 1.807) is 11.8 Å². The molecule has 0 unspecified atom stereocenters. The van der Waals surface area contributed by atoms with Crippen LogP contribution in [0.3, 0.4) is 0 Å². The average molecular weight is 387 g/mol. The van der Waals surface area contributed by atoms with Gasteiger partial charge in [0.1, 0.15) is 13.1 Å². The summed E-state index contributed by atoms with van der Waals surface area (Å²) in [6, 6.07) is 19.7. The van der Waals surface area contributed by atoms with E-state index >= 15 is 0 Å². The minimum atomic E-state index is -2.72. The van der Waals surface area contributed by atoms with Crippen molar-refractivity contribution in [1.82, 2.24) is 9.34 Å². The number of thioether (sulfide) groups is 1. The molecule has 2 atom stereocenters. The summed E-state index contributed by atoms with van der Waals surface area (Å²) < 4.78 is 4.41. The number of benzene rings is 2. The summed E-state index contributed by atoms with van der Waals surface area (Å²) in [5.74, 6) is 0.901. The third kappa shape index (κ3) is 3.12. The Morgan fingerprint density at radius 2 is 1.50 bits per heavy atom. The van der Waals surface area contributed by atoms with Crippen LogP contribution in [-0.2, 0) is 5.75 Å². The van der Waals surface area contributed by atoms with Crippen LogP contribution in [0.1, 0.15) is 31.2 Å². The molecule has 1 saturated carbocycles. The maximum Gasteiger partial charge on any atom is 0.142 e. The molecule has 3 nitrogen and oxygen atoms in total. The minimum Gasteiger partial charge on any atom is -0.646 e. The predicted molar refractivity (Wildman–Crippen MR) is 111 cm³/mol. The number of hydrogen-bond donors (Lipinski definition) is 0. The van der Waals surface area contributed by atoms with Crippen LogP contribution in [0.25, 0.3) is 0 Å². The Hall–Kier alpha value is -0.900. The van der Waals surface area contributed by atoms with E-state index in [4.69, 9.17) is 0 Å². The molecular formula is C21H27N2OPS. The summed E-state index contributed by atoms with van der Waals surface area (Å²) in [6.45, 7) is 0. The van der Waals surface area contributed by atoms with Crippen molar-refractivity contribution >= 4 is 24.9 Å². The van der Waals surface area contributed by atoms with Gasteiger partial charge in [-0.05, 0) is 30.5 Å². The second kappa shape index (κ2) is 7.61. The fraction of sp³-hybridized carbons (Fsp3) is 0.429. The van der Waals surface area contributed by atoms with Crippen molar-refractivity contribution in [3.8, 4) is 0 Å². The Morgan fingerprint density at radius 3 is 2.15 bits per heavy atom. The molecular weight excluding hydrogens is 359 g/mol. The number of rotatable bonds is 4. The number of likely N-dealkylation sites (N-methyl/N-ethyl adjacent to an activating group) is 2. The van der Waals surface area contributed by atoms with Gasteiger partial charge in [0.25, 0.3) is 0 Å². The van der Waals surface area contributed by atoms with Crippen molar-refractivity contribution in [2.45, 2.75) is 48.4 Å². The Labute approximate surface area is 161 Å². The van der Waals surface area contributed by atoms with Crippen LogP contribution in [-0.4, -0.2) is 35.5 Å². The van der Waals surface area contributed by atoms with Crippen molar-refractivity contribution in [1.29, 1.82) is 0 Å². The summed E-state index contributed by atoms with van der Waals surface area (Å²) >= 11 is 1.80. The van der Waals surface area contributed by atoms with E-state index in [1.165, 1.54) is 18.4 Å². The van der Waals surface area contributed by atoms with Crippen LogP contribution in [0, 0.1) is 0 Å². The molecule has 0 bridgehead atoms. The molecule has 1 aliphatic heterocycles. The van der Waals surface area contributed by atoms with Gasteiger partial charge >= 0.3 is 0 Å². The second-order valence-corrected chi connectivity index (χ2v) is 11.2. The molecule has 138 valence electrons. The molecule has 1 aliphatic carbocycles. The van der Waals surface area contributed by atoms with Crippen molar-refractivity contribution < 1.29 is 4.89 Å². The van der Waals surface area contributed by atoms with E-state index in [-0.39, 0.29) is 0 Å². The first-order chi connectivity index (χ1) is 12.6. The van der Waals surface area contributed by atoms with Gasteiger partial charge in [0.2, 0.25) is 0 Å². The monoisotopic (exact) mass is 386 g/mol. The van der Waals surface area contributed by atoms with E-state index in [0.29, 0.717) is 12.1 Å². The molecule has 0 radical (unpaired) electrons. The highest BCUT2D eigenvalue weighted by molar-refractivity contribution is 7.99. The van der Waals surface area contributed by atoms with Crippen LogP contribution in [0.15, 0.2) is 59.5 Å². The lowest BCUT2D eigenvalue weighted by molar-refractivity contribution is -0.185.